The molecule has 38 heavy (non-hydrogen) atoms. The number of carbonyl (C=O) groups is 1. The third-order valence-electron chi connectivity index (χ3n) is 6.44. The normalized spacial score (nSPS) is 10.9. The van der Waals surface area contributed by atoms with E-state index in [4.69, 9.17) is 23.9 Å². The lowest BCUT2D eigenvalue weighted by atomic mass is 10.1. The summed E-state index contributed by atoms with van der Waals surface area (Å²) in [5.74, 6) is 3.00. The van der Waals surface area contributed by atoms with Gasteiger partial charge in [-0.2, -0.15) is 0 Å². The van der Waals surface area contributed by atoms with Crippen molar-refractivity contribution in [2.24, 2.45) is 0 Å². The van der Waals surface area contributed by atoms with E-state index in [-0.39, 0.29) is 5.91 Å². The highest BCUT2D eigenvalue weighted by atomic mass is 16.5. The number of ether oxygens (including phenoxy) is 4. The number of imidazole rings is 1. The van der Waals surface area contributed by atoms with Gasteiger partial charge in [0.15, 0.2) is 11.5 Å². The highest BCUT2D eigenvalue weighted by molar-refractivity contribution is 5.95. The Balaban J connectivity index is 1.39. The van der Waals surface area contributed by atoms with Gasteiger partial charge in [0.05, 0.1) is 38.9 Å². The third kappa shape index (κ3) is 6.02. The van der Waals surface area contributed by atoms with Crippen molar-refractivity contribution in [3.8, 4) is 23.0 Å². The summed E-state index contributed by atoms with van der Waals surface area (Å²) in [6, 6.07) is 17.6. The average Bonchev–Trinajstić information content (AvgIpc) is 3.29. The van der Waals surface area contributed by atoms with E-state index in [9.17, 15) is 4.79 Å². The Bertz CT molecular complexity index is 1390. The first-order valence-corrected chi connectivity index (χ1v) is 12.7. The lowest BCUT2D eigenvalue weighted by Gasteiger charge is -2.14. The Labute approximate surface area is 223 Å². The van der Waals surface area contributed by atoms with Gasteiger partial charge >= 0.3 is 0 Å². The molecule has 4 aromatic rings. The van der Waals surface area contributed by atoms with Gasteiger partial charge in [-0.15, -0.1) is 0 Å². The van der Waals surface area contributed by atoms with Crippen molar-refractivity contribution in [1.29, 1.82) is 0 Å². The number of nitrogens with zero attached hydrogens (tertiary/aromatic N) is 2. The molecule has 0 aliphatic carbocycles. The molecule has 200 valence electrons. The van der Waals surface area contributed by atoms with Crippen molar-refractivity contribution < 1.29 is 23.7 Å². The number of nitrogens with one attached hydrogen (secondary N) is 1. The largest absolute Gasteiger partial charge is 0.493 e. The van der Waals surface area contributed by atoms with E-state index < -0.39 is 0 Å². The van der Waals surface area contributed by atoms with Gasteiger partial charge in [0.1, 0.15) is 18.2 Å². The van der Waals surface area contributed by atoms with Gasteiger partial charge in [-0.3, -0.25) is 4.79 Å². The Kier molecular flexibility index (Phi) is 8.73. The fourth-order valence-corrected chi connectivity index (χ4v) is 4.44. The third-order valence-corrected chi connectivity index (χ3v) is 6.44. The quantitative estimate of drug-likeness (QED) is 0.263. The molecule has 1 amide bonds. The van der Waals surface area contributed by atoms with E-state index in [1.54, 1.807) is 12.1 Å². The second-order valence-electron chi connectivity index (χ2n) is 9.06. The van der Waals surface area contributed by atoms with Crippen molar-refractivity contribution in [2.45, 2.75) is 33.2 Å². The summed E-state index contributed by atoms with van der Waals surface area (Å²) in [6.07, 6.45) is 1.45. The summed E-state index contributed by atoms with van der Waals surface area (Å²) in [5, 5.41) is 2.99. The van der Waals surface area contributed by atoms with Gasteiger partial charge in [0.25, 0.3) is 5.91 Å². The molecule has 4 rings (SSSR count). The number of hydrogen-bond acceptors (Lipinski definition) is 6. The minimum absolute atomic E-state index is 0.209. The molecular formula is C30H35N3O5. The van der Waals surface area contributed by atoms with Crippen molar-refractivity contribution in [3.05, 3.63) is 77.1 Å². The number of aromatic nitrogens is 2. The van der Waals surface area contributed by atoms with Crippen LogP contribution in [0.25, 0.3) is 11.0 Å². The number of hydrogen-bond donors (Lipinski definition) is 1. The molecule has 0 unspecified atom stereocenters. The topological polar surface area (TPSA) is 83.8 Å². The molecule has 0 saturated heterocycles. The van der Waals surface area contributed by atoms with Gasteiger partial charge in [-0.25, -0.2) is 4.98 Å². The highest BCUT2D eigenvalue weighted by Crippen LogP contribution is 2.38. The number of amides is 1. The molecule has 0 radical (unpaired) electrons. The molecule has 0 aliphatic rings. The van der Waals surface area contributed by atoms with Crippen LogP contribution in [0.5, 0.6) is 23.0 Å². The van der Waals surface area contributed by atoms with Crippen molar-refractivity contribution in [1.82, 2.24) is 14.9 Å². The number of rotatable bonds is 12. The maximum absolute atomic E-state index is 12.8. The van der Waals surface area contributed by atoms with Crippen LogP contribution < -0.4 is 24.3 Å². The first-order valence-electron chi connectivity index (χ1n) is 12.7. The van der Waals surface area contributed by atoms with E-state index in [2.05, 4.69) is 48.0 Å². The molecule has 3 aromatic carbocycles. The van der Waals surface area contributed by atoms with Crippen LogP contribution in [0, 0.1) is 13.8 Å². The summed E-state index contributed by atoms with van der Waals surface area (Å²) < 4.78 is 24.4. The summed E-state index contributed by atoms with van der Waals surface area (Å²) >= 11 is 0. The zero-order chi connectivity index (χ0) is 27.1. The zero-order valence-corrected chi connectivity index (χ0v) is 22.7. The smallest absolute Gasteiger partial charge is 0.251 e. The molecule has 0 fully saturated rings. The van der Waals surface area contributed by atoms with Crippen molar-refractivity contribution in [2.75, 3.05) is 34.5 Å². The van der Waals surface area contributed by atoms with Gasteiger partial charge < -0.3 is 28.8 Å². The van der Waals surface area contributed by atoms with Crippen LogP contribution in [-0.4, -0.2) is 49.9 Å². The van der Waals surface area contributed by atoms with Gasteiger partial charge in [0, 0.05) is 18.5 Å². The van der Waals surface area contributed by atoms with E-state index in [0.717, 1.165) is 34.6 Å². The predicted molar refractivity (Wildman–Crippen MR) is 148 cm³/mol. The van der Waals surface area contributed by atoms with E-state index in [1.165, 1.54) is 26.9 Å². The summed E-state index contributed by atoms with van der Waals surface area (Å²) in [5.41, 5.74) is 4.77. The molecule has 0 spiro atoms. The molecule has 8 nitrogen and oxygen atoms in total. The number of benzene rings is 3. The predicted octanol–water partition coefficient (Wildman–Crippen LogP) is 5.12. The number of carbonyl (C=O) groups excluding carboxylic acids is 1. The summed E-state index contributed by atoms with van der Waals surface area (Å²) in [6.45, 7) is 5.83. The van der Waals surface area contributed by atoms with Crippen molar-refractivity contribution in [3.63, 3.8) is 0 Å². The minimum Gasteiger partial charge on any atom is -0.493 e. The van der Waals surface area contributed by atoms with Crippen LogP contribution in [0.4, 0.5) is 0 Å². The monoisotopic (exact) mass is 517 g/mol. The molecule has 1 heterocycles. The molecule has 1 N–H and O–H groups in total. The molecule has 0 bridgehead atoms. The number of methoxy groups -OCH3 is 3. The van der Waals surface area contributed by atoms with E-state index >= 15 is 0 Å². The standard InChI is InChI=1S/C30H35N3O5/c1-20-12-13-21(2)25(17-20)38-16-15-33-24-10-7-6-9-23(24)32-28(33)11-8-14-31-30(34)22-18-26(35-3)29(37-5)27(19-22)36-4/h6-7,9-10,12-13,17-19H,8,11,14-16H2,1-5H3,(H,31,34). The van der Waals surface area contributed by atoms with Crippen LogP contribution >= 0.6 is 0 Å². The van der Waals surface area contributed by atoms with E-state index in [1.807, 2.05) is 18.2 Å². The number of para-hydroxylation sites is 2. The fraction of sp³-hybridized carbons (Fsp3) is 0.333. The average molecular weight is 518 g/mol. The first kappa shape index (κ1) is 26.9. The van der Waals surface area contributed by atoms with Crippen LogP contribution in [-0.2, 0) is 13.0 Å². The van der Waals surface area contributed by atoms with Gasteiger partial charge in [-0.1, -0.05) is 24.3 Å². The number of aryl methyl sites for hydroxylation is 3. The van der Waals surface area contributed by atoms with Gasteiger partial charge in [0.2, 0.25) is 5.75 Å². The molecule has 1 aromatic heterocycles. The molecule has 0 aliphatic heterocycles. The lowest BCUT2D eigenvalue weighted by Crippen LogP contribution is -2.25. The Morgan fingerprint density at radius 1 is 0.921 bits per heavy atom. The number of fused-ring (bicyclic) bond motifs is 1. The van der Waals surface area contributed by atoms with Crippen LogP contribution in [0.2, 0.25) is 0 Å². The van der Waals surface area contributed by atoms with E-state index in [0.29, 0.717) is 48.9 Å². The fourth-order valence-electron chi connectivity index (χ4n) is 4.44. The maximum Gasteiger partial charge on any atom is 0.251 e. The molecule has 0 saturated carbocycles. The Morgan fingerprint density at radius 2 is 1.66 bits per heavy atom. The molecule has 0 atom stereocenters. The SMILES string of the molecule is COc1cc(C(=O)NCCCc2nc3ccccc3n2CCOc2cc(C)ccc2C)cc(OC)c1OC. The summed E-state index contributed by atoms with van der Waals surface area (Å²) in [4.78, 5) is 17.7. The Hall–Kier alpha value is -4.20. The van der Waals surface area contributed by atoms with Crippen LogP contribution in [0.15, 0.2) is 54.6 Å². The van der Waals surface area contributed by atoms with Crippen LogP contribution in [0.1, 0.15) is 33.7 Å². The van der Waals surface area contributed by atoms with Crippen LogP contribution in [0.3, 0.4) is 0 Å². The first-order chi connectivity index (χ1) is 18.4. The maximum atomic E-state index is 12.8. The minimum atomic E-state index is -0.209. The summed E-state index contributed by atoms with van der Waals surface area (Å²) in [7, 11) is 4.58. The highest BCUT2D eigenvalue weighted by Gasteiger charge is 2.17. The van der Waals surface area contributed by atoms with Gasteiger partial charge in [-0.05, 0) is 61.7 Å². The van der Waals surface area contributed by atoms with Crippen molar-refractivity contribution >= 4 is 16.9 Å². The molecular weight excluding hydrogens is 482 g/mol. The molecule has 8 heteroatoms. The second kappa shape index (κ2) is 12.4. The second-order valence-corrected chi connectivity index (χ2v) is 9.06. The lowest BCUT2D eigenvalue weighted by molar-refractivity contribution is 0.0952. The zero-order valence-electron chi connectivity index (χ0n) is 22.7. The Morgan fingerprint density at radius 3 is 2.37 bits per heavy atom.